The minimum absolute atomic E-state index is 0.0849. The van der Waals surface area contributed by atoms with Gasteiger partial charge in [0.25, 0.3) is 5.91 Å². The maximum atomic E-state index is 13.2. The van der Waals surface area contributed by atoms with E-state index in [0.717, 1.165) is 12.0 Å². The number of benzene rings is 1. The first kappa shape index (κ1) is 18.4. The maximum absolute atomic E-state index is 13.2. The standard InChI is InChI=1S/C22H27NO3/c1-5-11-23(14-16-9-7-6-8-10-16)21(25)20-15(2)19-17(24)12-22(3,4)13-18(19)26-20/h6-10H,5,11-14H2,1-4H3. The quantitative estimate of drug-likeness (QED) is 0.776. The van der Waals surface area contributed by atoms with E-state index >= 15 is 0 Å². The van der Waals surface area contributed by atoms with E-state index in [-0.39, 0.29) is 17.1 Å². The molecule has 0 N–H and O–H groups in total. The highest BCUT2D eigenvalue weighted by molar-refractivity contribution is 6.03. The van der Waals surface area contributed by atoms with Gasteiger partial charge in [0.2, 0.25) is 0 Å². The number of furan rings is 1. The number of carbonyl (C=O) groups is 2. The molecule has 2 aromatic rings. The third kappa shape index (κ3) is 3.59. The molecule has 0 saturated heterocycles. The summed E-state index contributed by atoms with van der Waals surface area (Å²) < 4.78 is 5.96. The topological polar surface area (TPSA) is 50.5 Å². The monoisotopic (exact) mass is 353 g/mol. The Bertz CT molecular complexity index is 817. The Balaban J connectivity index is 1.92. The molecule has 1 aromatic heterocycles. The normalized spacial score (nSPS) is 15.6. The number of amides is 1. The summed E-state index contributed by atoms with van der Waals surface area (Å²) in [6.07, 6.45) is 2.05. The number of carbonyl (C=O) groups excluding carboxylic acids is 2. The molecule has 0 radical (unpaired) electrons. The van der Waals surface area contributed by atoms with Gasteiger partial charge in [-0.1, -0.05) is 51.1 Å². The first-order valence-electron chi connectivity index (χ1n) is 9.31. The molecule has 0 fully saturated rings. The zero-order chi connectivity index (χ0) is 18.9. The average molecular weight is 353 g/mol. The van der Waals surface area contributed by atoms with Gasteiger partial charge in [-0.25, -0.2) is 0 Å². The second-order valence-corrected chi connectivity index (χ2v) is 8.01. The van der Waals surface area contributed by atoms with Gasteiger partial charge in [-0.15, -0.1) is 0 Å². The molecule has 1 aliphatic carbocycles. The third-order valence-electron chi connectivity index (χ3n) is 4.97. The summed E-state index contributed by atoms with van der Waals surface area (Å²) in [4.78, 5) is 27.5. The summed E-state index contributed by atoms with van der Waals surface area (Å²) in [6, 6.07) is 9.95. The summed E-state index contributed by atoms with van der Waals surface area (Å²) in [5.41, 5.74) is 2.28. The van der Waals surface area contributed by atoms with Gasteiger partial charge in [0.05, 0.1) is 5.56 Å². The van der Waals surface area contributed by atoms with Crippen molar-refractivity contribution in [3.63, 3.8) is 0 Å². The zero-order valence-corrected chi connectivity index (χ0v) is 16.1. The summed E-state index contributed by atoms with van der Waals surface area (Å²) in [5.74, 6) is 0.948. The Morgan fingerprint density at radius 3 is 2.54 bits per heavy atom. The lowest BCUT2D eigenvalue weighted by Crippen LogP contribution is -2.31. The SMILES string of the molecule is CCCN(Cc1ccccc1)C(=O)c1oc2c(c1C)C(=O)CC(C)(C)C2. The lowest BCUT2D eigenvalue weighted by Gasteiger charge is -2.27. The minimum Gasteiger partial charge on any atom is -0.455 e. The van der Waals surface area contributed by atoms with Gasteiger partial charge in [-0.2, -0.15) is 0 Å². The van der Waals surface area contributed by atoms with Gasteiger partial charge in [-0.3, -0.25) is 9.59 Å². The molecule has 0 unspecified atom stereocenters. The van der Waals surface area contributed by atoms with E-state index < -0.39 is 0 Å². The van der Waals surface area contributed by atoms with Gasteiger partial charge in [0, 0.05) is 31.5 Å². The Kier molecular flexibility index (Phi) is 5.03. The van der Waals surface area contributed by atoms with Crippen LogP contribution in [0.3, 0.4) is 0 Å². The fourth-order valence-electron chi connectivity index (χ4n) is 3.76. The highest BCUT2D eigenvalue weighted by atomic mass is 16.4. The lowest BCUT2D eigenvalue weighted by molar-refractivity contribution is 0.0704. The number of Topliss-reactive ketones (excluding diaryl/α,β-unsaturated/α-hetero) is 1. The van der Waals surface area contributed by atoms with E-state index in [1.54, 1.807) is 0 Å². The Hall–Kier alpha value is -2.36. The number of fused-ring (bicyclic) bond motifs is 1. The van der Waals surface area contributed by atoms with Crippen LogP contribution in [0, 0.1) is 12.3 Å². The largest absolute Gasteiger partial charge is 0.455 e. The molecule has 0 spiro atoms. The van der Waals surface area contributed by atoms with E-state index in [1.807, 2.05) is 42.2 Å². The smallest absolute Gasteiger partial charge is 0.290 e. The maximum Gasteiger partial charge on any atom is 0.290 e. The predicted octanol–water partition coefficient (Wildman–Crippen LogP) is 4.80. The molecule has 26 heavy (non-hydrogen) atoms. The summed E-state index contributed by atoms with van der Waals surface area (Å²) in [5, 5.41) is 0. The van der Waals surface area contributed by atoms with E-state index in [0.29, 0.717) is 48.6 Å². The molecule has 1 heterocycles. The molecule has 3 rings (SSSR count). The Morgan fingerprint density at radius 2 is 1.88 bits per heavy atom. The van der Waals surface area contributed by atoms with Crippen LogP contribution in [0.5, 0.6) is 0 Å². The van der Waals surface area contributed by atoms with Gasteiger partial charge in [0.1, 0.15) is 5.76 Å². The second-order valence-electron chi connectivity index (χ2n) is 8.01. The van der Waals surface area contributed by atoms with Gasteiger partial charge in [-0.05, 0) is 24.3 Å². The van der Waals surface area contributed by atoms with Crippen LogP contribution in [-0.2, 0) is 13.0 Å². The molecular weight excluding hydrogens is 326 g/mol. The highest BCUT2D eigenvalue weighted by Crippen LogP contribution is 2.38. The predicted molar refractivity (Wildman–Crippen MR) is 101 cm³/mol. The fraction of sp³-hybridized carbons (Fsp3) is 0.455. The molecule has 4 nitrogen and oxygen atoms in total. The highest BCUT2D eigenvalue weighted by Gasteiger charge is 2.37. The summed E-state index contributed by atoms with van der Waals surface area (Å²) >= 11 is 0. The van der Waals surface area contributed by atoms with Crippen LogP contribution in [0.2, 0.25) is 0 Å². The van der Waals surface area contributed by atoms with E-state index in [1.165, 1.54) is 0 Å². The van der Waals surface area contributed by atoms with Crippen molar-refractivity contribution in [1.29, 1.82) is 0 Å². The van der Waals surface area contributed by atoms with Crippen LogP contribution >= 0.6 is 0 Å². The van der Waals surface area contributed by atoms with E-state index in [2.05, 4.69) is 20.8 Å². The molecule has 0 atom stereocenters. The van der Waals surface area contributed by atoms with Crippen molar-refractivity contribution >= 4 is 11.7 Å². The second kappa shape index (κ2) is 7.10. The summed E-state index contributed by atoms with van der Waals surface area (Å²) in [7, 11) is 0. The summed E-state index contributed by atoms with van der Waals surface area (Å²) in [6.45, 7) is 9.20. The molecule has 1 aliphatic rings. The van der Waals surface area contributed by atoms with Gasteiger partial charge < -0.3 is 9.32 Å². The van der Waals surface area contributed by atoms with Crippen molar-refractivity contribution in [2.75, 3.05) is 6.54 Å². The fourth-order valence-corrected chi connectivity index (χ4v) is 3.76. The van der Waals surface area contributed by atoms with Crippen LogP contribution in [0.25, 0.3) is 0 Å². The Morgan fingerprint density at radius 1 is 1.19 bits per heavy atom. The van der Waals surface area contributed by atoms with Crippen molar-refractivity contribution in [1.82, 2.24) is 4.90 Å². The van der Waals surface area contributed by atoms with Crippen molar-refractivity contribution < 1.29 is 14.0 Å². The molecule has 138 valence electrons. The molecule has 0 aliphatic heterocycles. The number of hydrogen-bond acceptors (Lipinski definition) is 3. The van der Waals surface area contributed by atoms with E-state index in [4.69, 9.17) is 4.42 Å². The minimum atomic E-state index is -0.131. The molecular formula is C22H27NO3. The van der Waals surface area contributed by atoms with E-state index in [9.17, 15) is 9.59 Å². The van der Waals surface area contributed by atoms with Crippen molar-refractivity contribution in [2.24, 2.45) is 5.41 Å². The number of nitrogens with zero attached hydrogens (tertiary/aromatic N) is 1. The Labute approximate surface area is 155 Å². The molecule has 4 heteroatoms. The first-order valence-corrected chi connectivity index (χ1v) is 9.31. The van der Waals surface area contributed by atoms with Gasteiger partial charge >= 0.3 is 0 Å². The number of ketones is 1. The zero-order valence-electron chi connectivity index (χ0n) is 16.1. The third-order valence-corrected chi connectivity index (χ3v) is 4.97. The van der Waals surface area contributed by atoms with Crippen molar-refractivity contribution in [2.45, 2.75) is 53.5 Å². The van der Waals surface area contributed by atoms with Crippen LogP contribution < -0.4 is 0 Å². The van der Waals surface area contributed by atoms with Crippen LogP contribution in [-0.4, -0.2) is 23.1 Å². The first-order chi connectivity index (χ1) is 12.3. The molecule has 0 bridgehead atoms. The van der Waals surface area contributed by atoms with Crippen molar-refractivity contribution in [3.05, 3.63) is 58.5 Å². The van der Waals surface area contributed by atoms with Crippen molar-refractivity contribution in [3.8, 4) is 0 Å². The van der Waals surface area contributed by atoms with Crippen LogP contribution in [0.15, 0.2) is 34.7 Å². The molecule has 1 amide bonds. The van der Waals surface area contributed by atoms with Gasteiger partial charge in [0.15, 0.2) is 11.5 Å². The number of hydrogen-bond donors (Lipinski definition) is 0. The molecule has 0 saturated carbocycles. The average Bonchev–Trinajstić information content (AvgIpc) is 2.90. The lowest BCUT2D eigenvalue weighted by atomic mass is 9.76. The van der Waals surface area contributed by atoms with Crippen LogP contribution in [0.1, 0.15) is 71.4 Å². The van der Waals surface area contributed by atoms with Crippen LogP contribution in [0.4, 0.5) is 0 Å². The number of rotatable bonds is 5. The molecule has 1 aromatic carbocycles.